The third kappa shape index (κ3) is 3.38. The molecule has 1 aliphatic heterocycles. The molecule has 0 spiro atoms. The molecule has 0 radical (unpaired) electrons. The number of nitrogens with zero attached hydrogens (tertiary/aromatic N) is 3. The van der Waals surface area contributed by atoms with Gasteiger partial charge in [0.15, 0.2) is 11.6 Å². The van der Waals surface area contributed by atoms with Crippen molar-refractivity contribution in [2.75, 3.05) is 31.2 Å². The molecule has 0 saturated carbocycles. The molecule has 1 aromatic heterocycles. The number of hydrogen-bond donors (Lipinski definition) is 1. The topological polar surface area (TPSA) is 75.5 Å². The SMILES string of the molecule is CCCC(=O)c1cnc(-c2ccccc2O)nc1N1CCOCC1. The van der Waals surface area contributed by atoms with Gasteiger partial charge in [0.2, 0.25) is 0 Å². The third-order valence-electron chi connectivity index (χ3n) is 4.00. The van der Waals surface area contributed by atoms with Gasteiger partial charge in [-0.25, -0.2) is 9.97 Å². The summed E-state index contributed by atoms with van der Waals surface area (Å²) in [5.74, 6) is 1.22. The van der Waals surface area contributed by atoms with Crippen molar-refractivity contribution in [3.8, 4) is 17.1 Å². The van der Waals surface area contributed by atoms with Crippen LogP contribution in [0.4, 0.5) is 5.82 Å². The first kappa shape index (κ1) is 16.4. The summed E-state index contributed by atoms with van der Waals surface area (Å²) in [6.07, 6.45) is 2.83. The summed E-state index contributed by atoms with van der Waals surface area (Å²) in [6.45, 7) is 4.56. The molecule has 126 valence electrons. The number of para-hydroxylation sites is 1. The van der Waals surface area contributed by atoms with E-state index >= 15 is 0 Å². The summed E-state index contributed by atoms with van der Waals surface area (Å²) in [5.41, 5.74) is 1.10. The van der Waals surface area contributed by atoms with E-state index in [0.29, 0.717) is 55.5 Å². The van der Waals surface area contributed by atoms with Crippen LogP contribution in [0.2, 0.25) is 0 Å². The molecule has 0 aliphatic carbocycles. The first-order chi connectivity index (χ1) is 11.7. The minimum atomic E-state index is 0.0443. The molecule has 3 rings (SSSR count). The second-order valence-corrected chi connectivity index (χ2v) is 5.72. The van der Waals surface area contributed by atoms with Crippen LogP contribution in [0.25, 0.3) is 11.4 Å². The Morgan fingerprint density at radius 2 is 2.04 bits per heavy atom. The molecule has 6 nitrogen and oxygen atoms in total. The number of phenols is 1. The van der Waals surface area contributed by atoms with E-state index in [0.717, 1.165) is 6.42 Å². The van der Waals surface area contributed by atoms with E-state index in [9.17, 15) is 9.90 Å². The van der Waals surface area contributed by atoms with Crippen LogP contribution in [0.1, 0.15) is 30.1 Å². The Balaban J connectivity index is 2.05. The molecule has 1 fully saturated rings. The van der Waals surface area contributed by atoms with Gasteiger partial charge in [-0.15, -0.1) is 0 Å². The zero-order valence-corrected chi connectivity index (χ0v) is 13.7. The van der Waals surface area contributed by atoms with Gasteiger partial charge < -0.3 is 14.7 Å². The second kappa shape index (κ2) is 7.40. The van der Waals surface area contributed by atoms with Gasteiger partial charge in [-0.2, -0.15) is 0 Å². The molecular weight excluding hydrogens is 306 g/mol. The van der Waals surface area contributed by atoms with E-state index in [-0.39, 0.29) is 11.5 Å². The van der Waals surface area contributed by atoms with E-state index < -0.39 is 0 Å². The van der Waals surface area contributed by atoms with Gasteiger partial charge in [-0.05, 0) is 18.6 Å². The lowest BCUT2D eigenvalue weighted by atomic mass is 10.1. The fraction of sp³-hybridized carbons (Fsp3) is 0.389. The molecule has 1 aliphatic rings. The Morgan fingerprint density at radius 3 is 2.75 bits per heavy atom. The number of Topliss-reactive ketones (excluding diaryl/α,β-unsaturated/α-hetero) is 1. The number of ether oxygens (including phenoxy) is 1. The van der Waals surface area contributed by atoms with Crippen molar-refractivity contribution in [2.24, 2.45) is 0 Å². The number of aromatic hydroxyl groups is 1. The van der Waals surface area contributed by atoms with E-state index in [2.05, 4.69) is 14.9 Å². The number of benzene rings is 1. The standard InChI is InChI=1S/C18H21N3O3/c1-2-5-15(22)14-12-19-17(13-6-3-4-7-16(13)23)20-18(14)21-8-10-24-11-9-21/h3-4,6-7,12,23H,2,5,8-11H2,1H3. The van der Waals surface area contributed by atoms with Crippen LogP contribution in [0, 0.1) is 0 Å². The van der Waals surface area contributed by atoms with Gasteiger partial charge in [0, 0.05) is 25.7 Å². The molecule has 2 heterocycles. The Kier molecular flexibility index (Phi) is 5.05. The van der Waals surface area contributed by atoms with Gasteiger partial charge in [0.05, 0.1) is 24.3 Å². The second-order valence-electron chi connectivity index (χ2n) is 5.72. The van der Waals surface area contributed by atoms with Crippen molar-refractivity contribution in [2.45, 2.75) is 19.8 Å². The summed E-state index contributed by atoms with van der Waals surface area (Å²) < 4.78 is 5.39. The maximum atomic E-state index is 12.4. The van der Waals surface area contributed by atoms with E-state index in [1.165, 1.54) is 0 Å². The van der Waals surface area contributed by atoms with Crippen LogP contribution in [0.15, 0.2) is 30.5 Å². The molecule has 0 unspecified atom stereocenters. The van der Waals surface area contributed by atoms with E-state index in [1.807, 2.05) is 13.0 Å². The highest BCUT2D eigenvalue weighted by atomic mass is 16.5. The number of hydrogen-bond acceptors (Lipinski definition) is 6. The smallest absolute Gasteiger partial charge is 0.168 e. The predicted octanol–water partition coefficient (Wildman–Crippen LogP) is 2.67. The van der Waals surface area contributed by atoms with Crippen LogP contribution in [-0.4, -0.2) is 47.2 Å². The average Bonchev–Trinajstić information content (AvgIpc) is 2.62. The van der Waals surface area contributed by atoms with Crippen molar-refractivity contribution in [1.29, 1.82) is 0 Å². The predicted molar refractivity (Wildman–Crippen MR) is 91.4 cm³/mol. The fourth-order valence-corrected chi connectivity index (χ4v) is 2.74. The Bertz CT molecular complexity index is 727. The number of morpholine rings is 1. The first-order valence-electron chi connectivity index (χ1n) is 8.22. The van der Waals surface area contributed by atoms with Crippen LogP contribution in [0.5, 0.6) is 5.75 Å². The number of phenolic OH excluding ortho intramolecular Hbond substituents is 1. The summed E-state index contributed by atoms with van der Waals surface area (Å²) in [6, 6.07) is 6.94. The highest BCUT2D eigenvalue weighted by Crippen LogP contribution is 2.29. The third-order valence-corrected chi connectivity index (χ3v) is 4.00. The number of ketones is 1. The van der Waals surface area contributed by atoms with Crippen molar-refractivity contribution >= 4 is 11.6 Å². The van der Waals surface area contributed by atoms with Crippen LogP contribution < -0.4 is 4.90 Å². The Labute approximate surface area is 141 Å². The molecule has 6 heteroatoms. The summed E-state index contributed by atoms with van der Waals surface area (Å²) >= 11 is 0. The minimum Gasteiger partial charge on any atom is -0.507 e. The molecule has 0 atom stereocenters. The molecule has 0 bridgehead atoms. The van der Waals surface area contributed by atoms with Crippen molar-refractivity contribution in [3.05, 3.63) is 36.0 Å². The van der Waals surface area contributed by atoms with Crippen molar-refractivity contribution < 1.29 is 14.6 Å². The maximum Gasteiger partial charge on any atom is 0.168 e. The Morgan fingerprint density at radius 1 is 1.29 bits per heavy atom. The average molecular weight is 327 g/mol. The lowest BCUT2D eigenvalue weighted by Crippen LogP contribution is -2.38. The molecule has 1 aromatic carbocycles. The summed E-state index contributed by atoms with van der Waals surface area (Å²) in [5, 5.41) is 10.0. The normalized spacial score (nSPS) is 14.6. The van der Waals surface area contributed by atoms with E-state index in [4.69, 9.17) is 4.74 Å². The quantitative estimate of drug-likeness (QED) is 0.851. The number of carbonyl (C=O) groups is 1. The molecule has 0 amide bonds. The number of anilines is 1. The van der Waals surface area contributed by atoms with Gasteiger partial charge in [-0.3, -0.25) is 4.79 Å². The molecular formula is C18H21N3O3. The highest BCUT2D eigenvalue weighted by molar-refractivity contribution is 6.00. The molecule has 1 saturated heterocycles. The molecule has 24 heavy (non-hydrogen) atoms. The summed E-state index contributed by atoms with van der Waals surface area (Å²) in [7, 11) is 0. The molecule has 1 N–H and O–H groups in total. The molecule has 2 aromatic rings. The minimum absolute atomic E-state index is 0.0443. The largest absolute Gasteiger partial charge is 0.507 e. The van der Waals surface area contributed by atoms with E-state index in [1.54, 1.807) is 24.4 Å². The van der Waals surface area contributed by atoms with Gasteiger partial charge in [0.25, 0.3) is 0 Å². The zero-order chi connectivity index (χ0) is 16.9. The summed E-state index contributed by atoms with van der Waals surface area (Å²) in [4.78, 5) is 23.4. The number of aromatic nitrogens is 2. The monoisotopic (exact) mass is 327 g/mol. The van der Waals surface area contributed by atoms with Gasteiger partial charge in [0.1, 0.15) is 11.6 Å². The lowest BCUT2D eigenvalue weighted by Gasteiger charge is -2.29. The first-order valence-corrected chi connectivity index (χ1v) is 8.22. The van der Waals surface area contributed by atoms with Gasteiger partial charge in [-0.1, -0.05) is 19.1 Å². The maximum absolute atomic E-state index is 12.4. The number of rotatable bonds is 5. The highest BCUT2D eigenvalue weighted by Gasteiger charge is 2.22. The zero-order valence-electron chi connectivity index (χ0n) is 13.7. The van der Waals surface area contributed by atoms with Crippen LogP contribution in [0.3, 0.4) is 0 Å². The van der Waals surface area contributed by atoms with Crippen molar-refractivity contribution in [3.63, 3.8) is 0 Å². The fourth-order valence-electron chi connectivity index (χ4n) is 2.74. The van der Waals surface area contributed by atoms with Crippen molar-refractivity contribution in [1.82, 2.24) is 9.97 Å². The van der Waals surface area contributed by atoms with Gasteiger partial charge >= 0.3 is 0 Å². The Hall–Kier alpha value is -2.47. The van der Waals surface area contributed by atoms with Crippen LogP contribution >= 0.6 is 0 Å². The van der Waals surface area contributed by atoms with Crippen LogP contribution in [-0.2, 0) is 4.74 Å². The number of carbonyl (C=O) groups excluding carboxylic acids is 1. The lowest BCUT2D eigenvalue weighted by molar-refractivity contribution is 0.0979.